The standard InChI is InChI=1S/C6H3F6N2/c7-5(8,9)3-14-4(1-2-13-14)6(10,11)12/h2H,3H2. The highest BCUT2D eigenvalue weighted by Gasteiger charge is 2.38. The Kier molecular flexibility index (Phi) is 2.47. The third-order valence-corrected chi connectivity index (χ3v) is 1.25. The third-order valence-electron chi connectivity index (χ3n) is 1.25. The van der Waals surface area contributed by atoms with Gasteiger partial charge in [0.05, 0.1) is 6.20 Å². The molecule has 8 heteroatoms. The molecule has 0 aliphatic carbocycles. The first-order valence-corrected chi connectivity index (χ1v) is 3.27. The molecule has 0 aromatic carbocycles. The first-order valence-electron chi connectivity index (χ1n) is 3.27. The Morgan fingerprint density at radius 1 is 1.21 bits per heavy atom. The first kappa shape index (κ1) is 10.9. The van der Waals surface area contributed by atoms with Crippen molar-refractivity contribution in [3.05, 3.63) is 18.0 Å². The van der Waals surface area contributed by atoms with Gasteiger partial charge in [0.25, 0.3) is 0 Å². The Hall–Kier alpha value is -1.21. The molecule has 0 fully saturated rings. The van der Waals surface area contributed by atoms with Gasteiger partial charge in [-0.15, -0.1) is 0 Å². The topological polar surface area (TPSA) is 17.8 Å². The third kappa shape index (κ3) is 2.64. The summed E-state index contributed by atoms with van der Waals surface area (Å²) in [6.45, 7) is -1.77. The zero-order valence-electron chi connectivity index (χ0n) is 6.45. The maximum absolute atomic E-state index is 12.0. The lowest BCUT2D eigenvalue weighted by molar-refractivity contribution is -0.161. The fourth-order valence-corrected chi connectivity index (χ4v) is 0.810. The molecule has 0 atom stereocenters. The van der Waals surface area contributed by atoms with Gasteiger partial charge in [0.1, 0.15) is 6.54 Å². The molecule has 0 amide bonds. The van der Waals surface area contributed by atoms with E-state index < -0.39 is 24.6 Å². The SMILES string of the molecule is FC(F)(F)Cn1nc[c]c1C(F)(F)F. The molecular formula is C6H3F6N2. The Bertz CT molecular complexity index is 309. The van der Waals surface area contributed by atoms with E-state index in [1.807, 2.05) is 0 Å². The summed E-state index contributed by atoms with van der Waals surface area (Å²) in [6.07, 6.45) is -9.06. The molecule has 0 saturated heterocycles. The van der Waals surface area contributed by atoms with Crippen LogP contribution in [0.2, 0.25) is 0 Å². The summed E-state index contributed by atoms with van der Waals surface area (Å²) in [5, 5.41) is 2.89. The van der Waals surface area contributed by atoms with E-state index in [2.05, 4.69) is 5.10 Å². The Labute approximate surface area is 74.1 Å². The maximum Gasteiger partial charge on any atom is 0.433 e. The van der Waals surface area contributed by atoms with Crippen molar-refractivity contribution < 1.29 is 26.3 Å². The van der Waals surface area contributed by atoms with Crippen molar-refractivity contribution in [2.45, 2.75) is 18.9 Å². The molecule has 0 saturated carbocycles. The number of rotatable bonds is 1. The van der Waals surface area contributed by atoms with Crippen molar-refractivity contribution in [2.24, 2.45) is 0 Å². The number of hydrogen-bond donors (Lipinski definition) is 0. The molecule has 1 heterocycles. The minimum atomic E-state index is -4.87. The van der Waals surface area contributed by atoms with Crippen LogP contribution in [0, 0.1) is 6.07 Å². The molecule has 14 heavy (non-hydrogen) atoms. The van der Waals surface area contributed by atoms with Crippen LogP contribution in [-0.4, -0.2) is 16.0 Å². The number of hydrogen-bond acceptors (Lipinski definition) is 1. The van der Waals surface area contributed by atoms with Crippen LogP contribution in [0.3, 0.4) is 0 Å². The molecule has 1 aromatic heterocycles. The van der Waals surface area contributed by atoms with Gasteiger partial charge in [-0.3, -0.25) is 4.68 Å². The highest BCUT2D eigenvalue weighted by molar-refractivity contribution is 5.02. The molecule has 0 aliphatic rings. The van der Waals surface area contributed by atoms with Gasteiger partial charge in [-0.2, -0.15) is 31.4 Å². The van der Waals surface area contributed by atoms with E-state index in [9.17, 15) is 26.3 Å². The van der Waals surface area contributed by atoms with Gasteiger partial charge in [-0.1, -0.05) is 0 Å². The fourth-order valence-electron chi connectivity index (χ4n) is 0.810. The minimum Gasteiger partial charge on any atom is -0.251 e. The van der Waals surface area contributed by atoms with E-state index in [-0.39, 0.29) is 4.68 Å². The summed E-state index contributed by atoms with van der Waals surface area (Å²) in [7, 11) is 0. The van der Waals surface area contributed by atoms with Crippen LogP contribution in [0.5, 0.6) is 0 Å². The van der Waals surface area contributed by atoms with Crippen LogP contribution in [0.1, 0.15) is 5.69 Å². The average molecular weight is 217 g/mol. The largest absolute Gasteiger partial charge is 0.433 e. The van der Waals surface area contributed by atoms with Gasteiger partial charge in [-0.05, 0) is 0 Å². The van der Waals surface area contributed by atoms with Gasteiger partial charge in [-0.25, -0.2) is 0 Å². The quantitative estimate of drug-likeness (QED) is 0.659. The second-order valence-electron chi connectivity index (χ2n) is 2.41. The van der Waals surface area contributed by atoms with Crippen molar-refractivity contribution in [3.8, 4) is 0 Å². The molecular weight excluding hydrogens is 214 g/mol. The Morgan fingerprint density at radius 3 is 2.21 bits per heavy atom. The zero-order chi connectivity index (χ0) is 11.0. The van der Waals surface area contributed by atoms with Crippen molar-refractivity contribution in [1.82, 2.24) is 9.78 Å². The van der Waals surface area contributed by atoms with Crippen molar-refractivity contribution >= 4 is 0 Å². The van der Waals surface area contributed by atoms with Gasteiger partial charge >= 0.3 is 12.4 Å². The van der Waals surface area contributed by atoms with Crippen molar-refractivity contribution in [1.29, 1.82) is 0 Å². The van der Waals surface area contributed by atoms with Crippen LogP contribution >= 0.6 is 0 Å². The van der Waals surface area contributed by atoms with Crippen LogP contribution in [0.25, 0.3) is 0 Å². The van der Waals surface area contributed by atoms with E-state index in [0.717, 1.165) is 0 Å². The van der Waals surface area contributed by atoms with Crippen molar-refractivity contribution in [2.75, 3.05) is 0 Å². The van der Waals surface area contributed by atoms with E-state index in [0.29, 0.717) is 6.20 Å². The summed E-state index contributed by atoms with van der Waals surface area (Å²) in [5.74, 6) is 0. The van der Waals surface area contributed by atoms with Gasteiger partial charge in [0.15, 0.2) is 5.69 Å². The molecule has 1 rings (SSSR count). The second-order valence-corrected chi connectivity index (χ2v) is 2.41. The number of aromatic nitrogens is 2. The molecule has 1 aromatic rings. The van der Waals surface area contributed by atoms with Crippen LogP contribution < -0.4 is 0 Å². The zero-order valence-corrected chi connectivity index (χ0v) is 6.45. The molecule has 0 unspecified atom stereocenters. The van der Waals surface area contributed by atoms with E-state index in [1.165, 1.54) is 0 Å². The molecule has 1 radical (unpaired) electrons. The van der Waals surface area contributed by atoms with Crippen LogP contribution in [0.15, 0.2) is 6.20 Å². The lowest BCUT2D eigenvalue weighted by atomic mass is 10.4. The molecule has 0 N–H and O–H groups in total. The maximum atomic E-state index is 12.0. The molecule has 0 spiro atoms. The molecule has 2 nitrogen and oxygen atoms in total. The smallest absolute Gasteiger partial charge is 0.251 e. The lowest BCUT2D eigenvalue weighted by Crippen LogP contribution is -2.23. The highest BCUT2D eigenvalue weighted by Crippen LogP contribution is 2.30. The summed E-state index contributed by atoms with van der Waals surface area (Å²) in [6, 6.07) is 1.60. The Morgan fingerprint density at radius 2 is 1.79 bits per heavy atom. The fraction of sp³-hybridized carbons (Fsp3) is 0.500. The monoisotopic (exact) mass is 217 g/mol. The van der Waals surface area contributed by atoms with E-state index in [1.54, 1.807) is 6.07 Å². The molecule has 0 bridgehead atoms. The van der Waals surface area contributed by atoms with Gasteiger partial charge < -0.3 is 0 Å². The van der Waals surface area contributed by atoms with Crippen molar-refractivity contribution in [3.63, 3.8) is 0 Å². The second kappa shape index (κ2) is 3.18. The predicted molar refractivity (Wildman–Crippen MR) is 32.1 cm³/mol. The van der Waals surface area contributed by atoms with E-state index in [4.69, 9.17) is 0 Å². The lowest BCUT2D eigenvalue weighted by Gasteiger charge is -2.11. The van der Waals surface area contributed by atoms with Gasteiger partial charge in [0, 0.05) is 6.07 Å². The van der Waals surface area contributed by atoms with E-state index >= 15 is 0 Å². The minimum absolute atomic E-state index is 0.181. The van der Waals surface area contributed by atoms with Crippen LogP contribution in [-0.2, 0) is 12.7 Å². The summed E-state index contributed by atoms with van der Waals surface area (Å²) >= 11 is 0. The summed E-state index contributed by atoms with van der Waals surface area (Å²) in [4.78, 5) is 0. The summed E-state index contributed by atoms with van der Waals surface area (Å²) < 4.78 is 71.0. The number of alkyl halides is 6. The number of halogens is 6. The van der Waals surface area contributed by atoms with Crippen LogP contribution in [0.4, 0.5) is 26.3 Å². The first-order chi connectivity index (χ1) is 6.20. The molecule has 79 valence electrons. The van der Waals surface area contributed by atoms with Gasteiger partial charge in [0.2, 0.25) is 0 Å². The predicted octanol–water partition coefficient (Wildman–Crippen LogP) is 2.26. The summed E-state index contributed by atoms with van der Waals surface area (Å²) in [5.41, 5.74) is -1.53. The highest BCUT2D eigenvalue weighted by atomic mass is 19.4. The normalized spacial score (nSPS) is 13.3. The average Bonchev–Trinajstić information content (AvgIpc) is 2.29. The number of nitrogens with zero attached hydrogens (tertiary/aromatic N) is 2. The Balaban J connectivity index is 2.95. The molecule has 0 aliphatic heterocycles.